The van der Waals surface area contributed by atoms with Crippen LogP contribution < -0.4 is 9.80 Å². The summed E-state index contributed by atoms with van der Waals surface area (Å²) in [5, 5.41) is 0. The molecule has 1 aromatic heterocycles. The quantitative estimate of drug-likeness (QED) is 0.434. The monoisotopic (exact) mass is 491 g/mol. The van der Waals surface area contributed by atoms with Crippen LogP contribution in [0.5, 0.6) is 0 Å². The molecule has 1 aliphatic carbocycles. The van der Waals surface area contributed by atoms with Crippen molar-refractivity contribution in [3.8, 4) is 11.1 Å². The van der Waals surface area contributed by atoms with Crippen molar-refractivity contribution in [2.45, 2.75) is 18.2 Å². The van der Waals surface area contributed by atoms with Crippen molar-refractivity contribution in [3.05, 3.63) is 65.4 Å². The number of hydrogen-bond donors (Lipinski definition) is 0. The standard InChI is InChI=1S/C26H29N5O3S/c1-19-16-25(29-12-14-34-15-13-29)28-26(27-19)30-8-10-31(11-9-30)35(32,33)22-6-7-24-21(18-22)17-20-4-2-3-5-23(20)24/h2-7,16,18H,8-15,17H2,1H3. The maximum Gasteiger partial charge on any atom is 0.243 e. The third-order valence-corrected chi connectivity index (χ3v) is 8.98. The molecule has 6 rings (SSSR count). The molecule has 8 nitrogen and oxygen atoms in total. The predicted octanol–water partition coefficient (Wildman–Crippen LogP) is 2.70. The number of morpholine rings is 1. The van der Waals surface area contributed by atoms with E-state index in [1.807, 2.05) is 37.3 Å². The molecule has 0 bridgehead atoms. The highest BCUT2D eigenvalue weighted by Crippen LogP contribution is 2.37. The zero-order chi connectivity index (χ0) is 24.0. The average Bonchev–Trinajstić information content (AvgIpc) is 3.27. The van der Waals surface area contributed by atoms with Crippen molar-refractivity contribution >= 4 is 21.8 Å². The van der Waals surface area contributed by atoms with Gasteiger partial charge in [-0.1, -0.05) is 30.3 Å². The first-order chi connectivity index (χ1) is 17.0. The van der Waals surface area contributed by atoms with E-state index in [0.29, 0.717) is 50.2 Å². The summed E-state index contributed by atoms with van der Waals surface area (Å²) in [5.41, 5.74) is 5.58. The van der Waals surface area contributed by atoms with Gasteiger partial charge in [-0.05, 0) is 47.7 Å². The van der Waals surface area contributed by atoms with Crippen LogP contribution in [0.25, 0.3) is 11.1 Å². The molecular weight excluding hydrogens is 462 g/mol. The molecule has 2 aromatic carbocycles. The lowest BCUT2D eigenvalue weighted by Gasteiger charge is -2.35. The van der Waals surface area contributed by atoms with Gasteiger partial charge >= 0.3 is 0 Å². The van der Waals surface area contributed by atoms with Crippen LogP contribution in [0.1, 0.15) is 16.8 Å². The van der Waals surface area contributed by atoms with Gasteiger partial charge in [0.15, 0.2) is 0 Å². The van der Waals surface area contributed by atoms with Gasteiger partial charge in [0.05, 0.1) is 18.1 Å². The molecule has 2 saturated heterocycles. The Hall–Kier alpha value is -3.01. The maximum atomic E-state index is 13.5. The van der Waals surface area contributed by atoms with E-state index in [-0.39, 0.29) is 0 Å². The molecule has 2 fully saturated rings. The molecule has 0 amide bonds. The summed E-state index contributed by atoms with van der Waals surface area (Å²) in [6.07, 6.45) is 0.777. The van der Waals surface area contributed by atoms with E-state index in [1.165, 1.54) is 11.1 Å². The van der Waals surface area contributed by atoms with Gasteiger partial charge in [0.1, 0.15) is 5.82 Å². The van der Waals surface area contributed by atoms with Gasteiger partial charge in [-0.3, -0.25) is 0 Å². The van der Waals surface area contributed by atoms with E-state index in [0.717, 1.165) is 42.1 Å². The van der Waals surface area contributed by atoms with E-state index in [1.54, 1.807) is 10.4 Å². The fourth-order valence-electron chi connectivity index (χ4n) is 5.19. The Morgan fingerprint density at radius 1 is 0.800 bits per heavy atom. The molecule has 9 heteroatoms. The first kappa shape index (κ1) is 22.5. The van der Waals surface area contributed by atoms with E-state index < -0.39 is 10.0 Å². The van der Waals surface area contributed by atoms with Gasteiger partial charge in [0, 0.05) is 51.0 Å². The lowest BCUT2D eigenvalue weighted by Crippen LogP contribution is -2.49. The molecule has 2 aliphatic heterocycles. The molecule has 0 atom stereocenters. The molecule has 0 radical (unpaired) electrons. The number of rotatable bonds is 4. The van der Waals surface area contributed by atoms with Crippen LogP contribution in [0.4, 0.5) is 11.8 Å². The number of aryl methyl sites for hydroxylation is 1. The Labute approximate surface area is 206 Å². The number of fused-ring (bicyclic) bond motifs is 3. The third-order valence-electron chi connectivity index (χ3n) is 7.09. The van der Waals surface area contributed by atoms with E-state index in [2.05, 4.69) is 26.9 Å². The number of aromatic nitrogens is 2. The fraction of sp³-hybridized carbons (Fsp3) is 0.385. The van der Waals surface area contributed by atoms with Gasteiger partial charge in [-0.25, -0.2) is 13.4 Å². The second kappa shape index (κ2) is 8.89. The highest BCUT2D eigenvalue weighted by Gasteiger charge is 2.31. The van der Waals surface area contributed by atoms with Crippen molar-refractivity contribution in [1.82, 2.24) is 14.3 Å². The topological polar surface area (TPSA) is 78.9 Å². The number of sulfonamides is 1. The summed E-state index contributed by atoms with van der Waals surface area (Å²) in [6, 6.07) is 15.8. The Balaban J connectivity index is 1.17. The molecule has 3 aromatic rings. The van der Waals surface area contributed by atoms with Crippen LogP contribution in [0.15, 0.2) is 53.4 Å². The van der Waals surface area contributed by atoms with Crippen molar-refractivity contribution in [3.63, 3.8) is 0 Å². The third kappa shape index (κ3) is 4.17. The van der Waals surface area contributed by atoms with Crippen molar-refractivity contribution in [2.24, 2.45) is 0 Å². The highest BCUT2D eigenvalue weighted by atomic mass is 32.2. The zero-order valence-electron chi connectivity index (χ0n) is 19.9. The zero-order valence-corrected chi connectivity index (χ0v) is 20.7. The van der Waals surface area contributed by atoms with Crippen LogP contribution in [0.2, 0.25) is 0 Å². The number of ether oxygens (including phenoxy) is 1. The molecule has 0 saturated carbocycles. The summed E-state index contributed by atoms with van der Waals surface area (Å²) in [4.78, 5) is 14.1. The van der Waals surface area contributed by atoms with Crippen LogP contribution >= 0.6 is 0 Å². The van der Waals surface area contributed by atoms with Gasteiger partial charge < -0.3 is 14.5 Å². The van der Waals surface area contributed by atoms with Gasteiger partial charge in [-0.2, -0.15) is 9.29 Å². The predicted molar refractivity (Wildman–Crippen MR) is 135 cm³/mol. The first-order valence-corrected chi connectivity index (χ1v) is 13.6. The Morgan fingerprint density at radius 3 is 2.34 bits per heavy atom. The Morgan fingerprint density at radius 2 is 1.54 bits per heavy atom. The van der Waals surface area contributed by atoms with Crippen molar-refractivity contribution in [2.75, 3.05) is 62.3 Å². The van der Waals surface area contributed by atoms with Crippen molar-refractivity contribution < 1.29 is 13.2 Å². The molecule has 3 heterocycles. The van der Waals surface area contributed by atoms with Gasteiger partial charge in [-0.15, -0.1) is 0 Å². The van der Waals surface area contributed by atoms with Crippen LogP contribution in [0.3, 0.4) is 0 Å². The molecule has 0 spiro atoms. The molecule has 35 heavy (non-hydrogen) atoms. The first-order valence-electron chi connectivity index (χ1n) is 12.1. The number of anilines is 2. The van der Waals surface area contributed by atoms with Crippen LogP contribution in [0, 0.1) is 6.92 Å². The van der Waals surface area contributed by atoms with E-state index in [4.69, 9.17) is 9.72 Å². The lowest BCUT2D eigenvalue weighted by molar-refractivity contribution is 0.122. The number of hydrogen-bond acceptors (Lipinski definition) is 7. The second-order valence-corrected chi connectivity index (χ2v) is 11.2. The number of benzene rings is 2. The molecule has 0 unspecified atom stereocenters. The molecule has 0 N–H and O–H groups in total. The highest BCUT2D eigenvalue weighted by molar-refractivity contribution is 7.89. The lowest BCUT2D eigenvalue weighted by atomic mass is 10.1. The van der Waals surface area contributed by atoms with Crippen molar-refractivity contribution in [1.29, 1.82) is 0 Å². The summed E-state index contributed by atoms with van der Waals surface area (Å²) < 4.78 is 34.0. The normalized spacial score (nSPS) is 18.4. The number of piperazine rings is 1. The smallest absolute Gasteiger partial charge is 0.243 e. The van der Waals surface area contributed by atoms with Gasteiger partial charge in [0.2, 0.25) is 16.0 Å². The number of nitrogens with zero attached hydrogens (tertiary/aromatic N) is 5. The minimum absolute atomic E-state index is 0.374. The molecule has 3 aliphatic rings. The van der Waals surface area contributed by atoms with E-state index in [9.17, 15) is 8.42 Å². The largest absolute Gasteiger partial charge is 0.378 e. The maximum absolute atomic E-state index is 13.5. The summed E-state index contributed by atoms with van der Waals surface area (Å²) in [6.45, 7) is 6.92. The SMILES string of the molecule is Cc1cc(N2CCOCC2)nc(N2CCN(S(=O)(=O)c3ccc4c(c3)Cc3ccccc3-4)CC2)n1. The van der Waals surface area contributed by atoms with E-state index >= 15 is 0 Å². The van der Waals surface area contributed by atoms with Gasteiger partial charge in [0.25, 0.3) is 0 Å². The molecule has 182 valence electrons. The summed E-state index contributed by atoms with van der Waals surface area (Å²) in [5.74, 6) is 1.57. The summed E-state index contributed by atoms with van der Waals surface area (Å²) in [7, 11) is -3.57. The fourth-order valence-corrected chi connectivity index (χ4v) is 6.67. The average molecular weight is 492 g/mol. The summed E-state index contributed by atoms with van der Waals surface area (Å²) >= 11 is 0. The van der Waals surface area contributed by atoms with Crippen LogP contribution in [-0.4, -0.2) is 75.2 Å². The minimum Gasteiger partial charge on any atom is -0.378 e. The Kier molecular flexibility index (Phi) is 5.70. The second-order valence-electron chi connectivity index (χ2n) is 9.31. The van der Waals surface area contributed by atoms with Crippen LogP contribution in [-0.2, 0) is 21.2 Å². The molecular formula is C26H29N5O3S. The Bertz CT molecular complexity index is 1360. The minimum atomic E-state index is -3.57.